The highest BCUT2D eigenvalue weighted by atomic mass is 16.3. The number of aromatic nitrogens is 2. The Bertz CT molecular complexity index is 453. The number of hydrogen-bond donors (Lipinski definition) is 3. The van der Waals surface area contributed by atoms with Gasteiger partial charge in [0, 0.05) is 6.21 Å². The summed E-state index contributed by atoms with van der Waals surface area (Å²) in [7, 11) is 0. The number of nitrogens with two attached hydrogens (primary N) is 1. The van der Waals surface area contributed by atoms with Gasteiger partial charge in [0.25, 0.3) is 0 Å². The summed E-state index contributed by atoms with van der Waals surface area (Å²) in [5, 5.41) is 12.5. The van der Waals surface area contributed by atoms with Crippen LogP contribution in [0.4, 0.5) is 17.5 Å². The molecule has 0 atom stereocenters. The first kappa shape index (κ1) is 11.8. The summed E-state index contributed by atoms with van der Waals surface area (Å²) in [6, 6.07) is 0. The van der Waals surface area contributed by atoms with Crippen molar-refractivity contribution in [2.75, 3.05) is 11.1 Å². The van der Waals surface area contributed by atoms with E-state index >= 15 is 0 Å². The van der Waals surface area contributed by atoms with Crippen LogP contribution < -0.4 is 11.1 Å². The van der Waals surface area contributed by atoms with E-state index in [9.17, 15) is 5.11 Å². The zero-order valence-corrected chi connectivity index (χ0v) is 10.1. The normalized spacial score (nSPS) is 16.4. The molecule has 6 heteroatoms. The SMILES string of the molecule is CCC1(CC)C=Nc2c(CO)nc(N)nc2N1. The fourth-order valence-electron chi connectivity index (χ4n) is 1.92. The monoisotopic (exact) mass is 235 g/mol. The molecule has 2 heterocycles. The van der Waals surface area contributed by atoms with Crippen molar-refractivity contribution in [3.63, 3.8) is 0 Å². The molecule has 0 radical (unpaired) electrons. The summed E-state index contributed by atoms with van der Waals surface area (Å²) in [5.74, 6) is 0.756. The Kier molecular flexibility index (Phi) is 2.97. The lowest BCUT2D eigenvalue weighted by Gasteiger charge is -2.33. The van der Waals surface area contributed by atoms with Crippen LogP contribution in [0.2, 0.25) is 0 Å². The third kappa shape index (κ3) is 1.95. The number of nitrogen functional groups attached to an aromatic ring is 1. The number of anilines is 2. The lowest BCUT2D eigenvalue weighted by molar-refractivity contribution is 0.277. The highest BCUT2D eigenvalue weighted by Gasteiger charge is 2.30. The lowest BCUT2D eigenvalue weighted by Crippen LogP contribution is -2.40. The van der Waals surface area contributed by atoms with Crippen molar-refractivity contribution >= 4 is 23.7 Å². The summed E-state index contributed by atoms with van der Waals surface area (Å²) in [4.78, 5) is 12.5. The van der Waals surface area contributed by atoms with Gasteiger partial charge >= 0.3 is 0 Å². The van der Waals surface area contributed by atoms with Crippen molar-refractivity contribution < 1.29 is 5.11 Å². The highest BCUT2D eigenvalue weighted by Crippen LogP contribution is 2.34. The topological polar surface area (TPSA) is 96.4 Å². The van der Waals surface area contributed by atoms with Gasteiger partial charge in [0.2, 0.25) is 5.95 Å². The first-order valence-electron chi connectivity index (χ1n) is 5.74. The molecule has 92 valence electrons. The van der Waals surface area contributed by atoms with Gasteiger partial charge in [-0.15, -0.1) is 0 Å². The smallest absolute Gasteiger partial charge is 0.222 e. The minimum absolute atomic E-state index is 0.151. The first-order chi connectivity index (χ1) is 8.14. The molecule has 6 nitrogen and oxygen atoms in total. The van der Waals surface area contributed by atoms with Gasteiger partial charge in [-0.3, -0.25) is 4.99 Å². The quantitative estimate of drug-likeness (QED) is 0.732. The molecule has 0 spiro atoms. The second-order valence-corrected chi connectivity index (χ2v) is 4.13. The Balaban J connectivity index is 2.49. The van der Waals surface area contributed by atoms with E-state index in [1.165, 1.54) is 0 Å². The molecule has 2 rings (SSSR count). The maximum Gasteiger partial charge on any atom is 0.222 e. The molecule has 0 amide bonds. The van der Waals surface area contributed by atoms with Crippen LogP contribution in [0.15, 0.2) is 4.99 Å². The van der Waals surface area contributed by atoms with Gasteiger partial charge < -0.3 is 16.2 Å². The fourth-order valence-corrected chi connectivity index (χ4v) is 1.92. The lowest BCUT2D eigenvalue weighted by atomic mass is 9.93. The largest absolute Gasteiger partial charge is 0.390 e. The van der Waals surface area contributed by atoms with Crippen molar-refractivity contribution in [1.29, 1.82) is 0 Å². The van der Waals surface area contributed by atoms with Crippen molar-refractivity contribution in [3.8, 4) is 0 Å². The molecule has 0 aromatic carbocycles. The standard InChI is InChI=1S/C11H17N5O/c1-3-11(4-2)6-13-8-7(5-17)14-10(12)15-9(8)16-11/h6,17H,3-5H2,1-2H3,(H3,12,14,15,16). The van der Waals surface area contributed by atoms with Crippen LogP contribution >= 0.6 is 0 Å². The van der Waals surface area contributed by atoms with Gasteiger partial charge in [-0.1, -0.05) is 13.8 Å². The van der Waals surface area contributed by atoms with Gasteiger partial charge in [0.15, 0.2) is 5.82 Å². The second-order valence-electron chi connectivity index (χ2n) is 4.13. The average molecular weight is 235 g/mol. The molecule has 0 fully saturated rings. The van der Waals surface area contributed by atoms with Crippen LogP contribution in [0.3, 0.4) is 0 Å². The maximum absolute atomic E-state index is 9.22. The van der Waals surface area contributed by atoms with Gasteiger partial charge in [-0.2, -0.15) is 4.98 Å². The zero-order chi connectivity index (χ0) is 12.5. The predicted octanol–water partition coefficient (Wildman–Crippen LogP) is 1.24. The average Bonchev–Trinajstić information content (AvgIpc) is 2.36. The number of nitrogens with zero attached hydrogens (tertiary/aromatic N) is 3. The molecule has 17 heavy (non-hydrogen) atoms. The first-order valence-corrected chi connectivity index (χ1v) is 5.74. The Morgan fingerprint density at radius 2 is 2.06 bits per heavy atom. The number of aliphatic hydroxyl groups is 1. The van der Waals surface area contributed by atoms with E-state index in [0.29, 0.717) is 17.2 Å². The summed E-state index contributed by atoms with van der Waals surface area (Å²) in [6.07, 6.45) is 3.68. The minimum Gasteiger partial charge on any atom is -0.390 e. The van der Waals surface area contributed by atoms with Crippen molar-refractivity contribution in [2.24, 2.45) is 4.99 Å². The molecular weight excluding hydrogens is 218 g/mol. The van der Waals surface area contributed by atoms with E-state index in [1.54, 1.807) is 0 Å². The molecule has 0 aliphatic carbocycles. The van der Waals surface area contributed by atoms with Gasteiger partial charge in [-0.05, 0) is 12.8 Å². The van der Waals surface area contributed by atoms with E-state index in [2.05, 4.69) is 34.1 Å². The molecule has 1 aromatic rings. The van der Waals surface area contributed by atoms with Crippen LogP contribution in [0.5, 0.6) is 0 Å². The molecule has 4 N–H and O–H groups in total. The number of aliphatic hydroxyl groups excluding tert-OH is 1. The predicted molar refractivity (Wildman–Crippen MR) is 67.5 cm³/mol. The van der Waals surface area contributed by atoms with Gasteiger partial charge in [0.05, 0.1) is 17.8 Å². The van der Waals surface area contributed by atoms with Crippen molar-refractivity contribution in [3.05, 3.63) is 5.69 Å². The Hall–Kier alpha value is -1.69. The van der Waals surface area contributed by atoms with E-state index in [4.69, 9.17) is 5.73 Å². The van der Waals surface area contributed by atoms with Crippen LogP contribution in [0, 0.1) is 0 Å². The van der Waals surface area contributed by atoms with Gasteiger partial charge in [0.1, 0.15) is 5.69 Å². The third-order valence-electron chi connectivity index (χ3n) is 3.19. The summed E-state index contributed by atoms with van der Waals surface area (Å²) < 4.78 is 0. The molecule has 1 aliphatic rings. The number of nitrogens with one attached hydrogen (secondary N) is 1. The molecular formula is C11H17N5O. The van der Waals surface area contributed by atoms with E-state index < -0.39 is 0 Å². The minimum atomic E-state index is -0.195. The summed E-state index contributed by atoms with van der Waals surface area (Å²) in [5.41, 5.74) is 6.46. The maximum atomic E-state index is 9.22. The van der Waals surface area contributed by atoms with Crippen LogP contribution in [0.25, 0.3) is 0 Å². The number of fused-ring (bicyclic) bond motifs is 1. The Labute approximate surface area is 100.0 Å². The summed E-state index contributed by atoms with van der Waals surface area (Å²) in [6.45, 7) is 3.98. The van der Waals surface area contributed by atoms with Crippen molar-refractivity contribution in [1.82, 2.24) is 9.97 Å². The number of hydrogen-bond acceptors (Lipinski definition) is 6. The van der Waals surface area contributed by atoms with Gasteiger partial charge in [-0.25, -0.2) is 4.98 Å². The zero-order valence-electron chi connectivity index (χ0n) is 10.1. The van der Waals surface area contributed by atoms with Crippen molar-refractivity contribution in [2.45, 2.75) is 38.8 Å². The Morgan fingerprint density at radius 3 is 2.65 bits per heavy atom. The van der Waals surface area contributed by atoms with E-state index in [0.717, 1.165) is 12.8 Å². The molecule has 0 saturated carbocycles. The second kappa shape index (κ2) is 4.29. The fraction of sp³-hybridized carbons (Fsp3) is 0.545. The number of aliphatic imine (C=N–C) groups is 1. The van der Waals surface area contributed by atoms with Crippen LogP contribution in [-0.4, -0.2) is 26.8 Å². The molecule has 0 unspecified atom stereocenters. The Morgan fingerprint density at radius 1 is 1.35 bits per heavy atom. The third-order valence-corrected chi connectivity index (χ3v) is 3.19. The number of rotatable bonds is 3. The van der Waals surface area contributed by atoms with Crippen LogP contribution in [-0.2, 0) is 6.61 Å². The molecule has 1 aromatic heterocycles. The van der Waals surface area contributed by atoms with E-state index in [1.807, 2.05) is 6.21 Å². The molecule has 0 saturated heterocycles. The van der Waals surface area contributed by atoms with Crippen LogP contribution in [0.1, 0.15) is 32.4 Å². The van der Waals surface area contributed by atoms with E-state index in [-0.39, 0.29) is 18.1 Å². The highest BCUT2D eigenvalue weighted by molar-refractivity contribution is 5.86. The molecule has 0 bridgehead atoms. The summed E-state index contributed by atoms with van der Waals surface area (Å²) >= 11 is 0. The molecule has 1 aliphatic heterocycles.